The van der Waals surface area contributed by atoms with Crippen LogP contribution in [0.5, 0.6) is 0 Å². The van der Waals surface area contributed by atoms with Crippen molar-refractivity contribution in [1.29, 1.82) is 0 Å². The van der Waals surface area contributed by atoms with Crippen LogP contribution in [0, 0.1) is 5.82 Å². The number of rotatable bonds is 4. The maximum absolute atomic E-state index is 14.1. The third-order valence-electron chi connectivity index (χ3n) is 2.84. The Hall–Kier alpha value is -1.86. The summed E-state index contributed by atoms with van der Waals surface area (Å²) in [5, 5.41) is 0.0539. The van der Waals surface area contributed by atoms with Gasteiger partial charge in [0.25, 0.3) is 10.0 Å². The Morgan fingerprint density at radius 2 is 1.95 bits per heavy atom. The van der Waals surface area contributed by atoms with E-state index in [1.54, 1.807) is 6.92 Å². The van der Waals surface area contributed by atoms with E-state index in [-0.39, 0.29) is 17.3 Å². The first-order valence-corrected chi connectivity index (χ1v) is 7.87. The first-order valence-electron chi connectivity index (χ1n) is 6.05. The fourth-order valence-corrected chi connectivity index (χ4v) is 3.78. The number of nitrogens with two attached hydrogens (primary N) is 1. The fourth-order valence-electron chi connectivity index (χ4n) is 1.89. The van der Waals surface area contributed by atoms with Gasteiger partial charge in [0.1, 0.15) is 4.90 Å². The molecule has 0 saturated heterocycles. The minimum absolute atomic E-state index is 0.0539. The van der Waals surface area contributed by atoms with Crippen molar-refractivity contribution in [2.24, 2.45) is 0 Å². The van der Waals surface area contributed by atoms with Crippen molar-refractivity contribution in [3.63, 3.8) is 0 Å². The Morgan fingerprint density at radius 1 is 1.33 bits per heavy atom. The van der Waals surface area contributed by atoms with E-state index in [0.717, 1.165) is 10.4 Å². The summed E-state index contributed by atoms with van der Waals surface area (Å²) in [6.07, 6.45) is 2.91. The number of hydrogen-bond donors (Lipinski definition) is 1. The minimum atomic E-state index is -4.11. The molecule has 0 aliphatic carbocycles. The van der Waals surface area contributed by atoms with Crippen molar-refractivity contribution in [3.05, 3.63) is 47.5 Å². The van der Waals surface area contributed by atoms with E-state index in [1.807, 2.05) is 0 Å². The van der Waals surface area contributed by atoms with Crippen LogP contribution in [0.25, 0.3) is 0 Å². The zero-order chi connectivity index (χ0) is 15.6. The predicted octanol–water partition coefficient (Wildman–Crippen LogP) is 2.67. The van der Waals surface area contributed by atoms with E-state index < -0.39 is 20.7 Å². The molecule has 112 valence electrons. The maximum atomic E-state index is 14.1. The molecule has 0 saturated carbocycles. The summed E-state index contributed by atoms with van der Waals surface area (Å²) in [4.78, 5) is 3.28. The van der Waals surface area contributed by atoms with Gasteiger partial charge < -0.3 is 5.73 Å². The molecule has 0 aliphatic heterocycles. The maximum Gasteiger partial charge on any atom is 0.267 e. The lowest BCUT2D eigenvalue weighted by Crippen LogP contribution is -2.31. The second kappa shape index (κ2) is 5.87. The van der Waals surface area contributed by atoms with E-state index in [2.05, 4.69) is 4.98 Å². The Bertz CT molecular complexity index is 754. The van der Waals surface area contributed by atoms with Crippen LogP contribution < -0.4 is 10.0 Å². The van der Waals surface area contributed by atoms with Gasteiger partial charge in [0, 0.05) is 24.0 Å². The van der Waals surface area contributed by atoms with Gasteiger partial charge in [-0.3, -0.25) is 9.29 Å². The second-order valence-corrected chi connectivity index (χ2v) is 6.45. The largest absolute Gasteiger partial charge is 0.396 e. The van der Waals surface area contributed by atoms with Gasteiger partial charge >= 0.3 is 0 Å². The average Bonchev–Trinajstić information content (AvgIpc) is 2.44. The standard InChI is InChI=1S/C13H13ClFN3O2S/c1-2-18(10-3-5-17-6-4-10)21(19,20)12-8-9(14)7-11(16)13(12)15/h3-8H,2,16H2,1H3. The molecule has 8 heteroatoms. The number of aromatic nitrogens is 1. The van der Waals surface area contributed by atoms with E-state index in [9.17, 15) is 12.8 Å². The summed E-state index contributed by atoms with van der Waals surface area (Å²) < 4.78 is 40.4. The molecule has 0 bridgehead atoms. The van der Waals surface area contributed by atoms with Gasteiger partial charge in [-0.25, -0.2) is 12.8 Å². The topological polar surface area (TPSA) is 76.3 Å². The van der Waals surface area contributed by atoms with Gasteiger partial charge in [-0.2, -0.15) is 0 Å². The van der Waals surface area contributed by atoms with Crippen LogP contribution in [0.2, 0.25) is 5.02 Å². The van der Waals surface area contributed by atoms with Gasteiger partial charge in [-0.1, -0.05) is 11.6 Å². The van der Waals surface area contributed by atoms with Crippen LogP contribution in [0.3, 0.4) is 0 Å². The van der Waals surface area contributed by atoms with Crippen molar-refractivity contribution in [2.45, 2.75) is 11.8 Å². The molecule has 1 aromatic heterocycles. The number of halogens is 2. The normalized spacial score (nSPS) is 11.4. The van der Waals surface area contributed by atoms with Crippen LogP contribution in [0.1, 0.15) is 6.92 Å². The molecule has 0 atom stereocenters. The van der Waals surface area contributed by atoms with Gasteiger partial charge in [-0.15, -0.1) is 0 Å². The molecular weight excluding hydrogens is 317 g/mol. The Balaban J connectivity index is 2.61. The number of benzene rings is 1. The van der Waals surface area contributed by atoms with Crippen LogP contribution in [0.15, 0.2) is 41.6 Å². The van der Waals surface area contributed by atoms with Gasteiger partial charge in [0.05, 0.1) is 11.4 Å². The van der Waals surface area contributed by atoms with E-state index >= 15 is 0 Å². The molecule has 0 fully saturated rings. The molecule has 2 aromatic rings. The number of sulfonamides is 1. The van der Waals surface area contributed by atoms with E-state index in [1.165, 1.54) is 30.6 Å². The van der Waals surface area contributed by atoms with Crippen molar-refractivity contribution in [2.75, 3.05) is 16.6 Å². The van der Waals surface area contributed by atoms with Crippen molar-refractivity contribution < 1.29 is 12.8 Å². The second-order valence-electron chi connectivity index (χ2n) is 4.18. The van der Waals surface area contributed by atoms with Crippen LogP contribution in [0.4, 0.5) is 15.8 Å². The number of nitrogen functional groups attached to an aromatic ring is 1. The predicted molar refractivity (Wildman–Crippen MR) is 80.3 cm³/mol. The Kier molecular flexibility index (Phi) is 4.34. The lowest BCUT2D eigenvalue weighted by atomic mass is 10.3. The first-order chi connectivity index (χ1) is 9.87. The summed E-state index contributed by atoms with van der Waals surface area (Å²) in [7, 11) is -4.11. The highest BCUT2D eigenvalue weighted by Gasteiger charge is 2.28. The SMILES string of the molecule is CCN(c1ccncc1)S(=O)(=O)c1cc(Cl)cc(N)c1F. The lowest BCUT2D eigenvalue weighted by molar-refractivity contribution is 0.566. The van der Waals surface area contributed by atoms with Crippen molar-refractivity contribution >= 4 is 33.0 Å². The van der Waals surface area contributed by atoms with Crippen molar-refractivity contribution in [1.82, 2.24) is 4.98 Å². The Labute approximate surface area is 127 Å². The minimum Gasteiger partial charge on any atom is -0.396 e. The van der Waals surface area contributed by atoms with Crippen LogP contribution in [-0.4, -0.2) is 19.9 Å². The number of hydrogen-bond acceptors (Lipinski definition) is 4. The molecule has 1 heterocycles. The van der Waals surface area contributed by atoms with Crippen LogP contribution >= 0.6 is 11.6 Å². The summed E-state index contributed by atoms with van der Waals surface area (Å²) >= 11 is 5.78. The summed E-state index contributed by atoms with van der Waals surface area (Å²) in [5.74, 6) is -1.01. The van der Waals surface area contributed by atoms with E-state index in [4.69, 9.17) is 17.3 Å². The molecule has 2 N–H and O–H groups in total. The summed E-state index contributed by atoms with van der Waals surface area (Å²) in [6.45, 7) is 1.77. The highest BCUT2D eigenvalue weighted by molar-refractivity contribution is 7.92. The van der Waals surface area contributed by atoms with Gasteiger partial charge in [0.2, 0.25) is 0 Å². The fraction of sp³-hybridized carbons (Fsp3) is 0.154. The van der Waals surface area contributed by atoms with Gasteiger partial charge in [-0.05, 0) is 31.2 Å². The number of nitrogens with zero attached hydrogens (tertiary/aromatic N) is 2. The molecule has 0 radical (unpaired) electrons. The zero-order valence-electron chi connectivity index (χ0n) is 11.1. The van der Waals surface area contributed by atoms with Crippen molar-refractivity contribution in [3.8, 4) is 0 Å². The molecule has 0 amide bonds. The smallest absolute Gasteiger partial charge is 0.267 e. The zero-order valence-corrected chi connectivity index (χ0v) is 12.7. The number of anilines is 2. The highest BCUT2D eigenvalue weighted by atomic mass is 35.5. The molecule has 5 nitrogen and oxygen atoms in total. The summed E-state index contributed by atoms with van der Waals surface area (Å²) in [6, 6.07) is 5.25. The lowest BCUT2D eigenvalue weighted by Gasteiger charge is -2.23. The molecule has 21 heavy (non-hydrogen) atoms. The molecule has 0 unspecified atom stereocenters. The first kappa shape index (κ1) is 15.5. The molecule has 1 aromatic carbocycles. The molecule has 2 rings (SSSR count). The van der Waals surface area contributed by atoms with Gasteiger partial charge in [0.15, 0.2) is 5.82 Å². The highest BCUT2D eigenvalue weighted by Crippen LogP contribution is 2.29. The number of pyridine rings is 1. The molecular formula is C13H13ClFN3O2S. The Morgan fingerprint density at radius 3 is 2.52 bits per heavy atom. The molecule has 0 spiro atoms. The summed E-state index contributed by atoms with van der Waals surface area (Å²) in [5.41, 5.74) is 5.51. The third-order valence-corrected chi connectivity index (χ3v) is 4.96. The quantitative estimate of drug-likeness (QED) is 0.875. The third kappa shape index (κ3) is 2.93. The van der Waals surface area contributed by atoms with Crippen LogP contribution in [-0.2, 0) is 10.0 Å². The monoisotopic (exact) mass is 329 g/mol. The molecule has 0 aliphatic rings. The average molecular weight is 330 g/mol. The van der Waals surface area contributed by atoms with E-state index in [0.29, 0.717) is 5.69 Å².